The summed E-state index contributed by atoms with van der Waals surface area (Å²) >= 11 is 3.52. The fourth-order valence-electron chi connectivity index (χ4n) is 2.84. The zero-order chi connectivity index (χ0) is 11.8. The molecule has 0 spiro atoms. The van der Waals surface area contributed by atoms with Crippen LogP contribution in [-0.4, -0.2) is 13.2 Å². The normalized spacial score (nSPS) is 28.1. The molecule has 17 heavy (non-hydrogen) atoms. The number of nitrogens with one attached hydrogen (secondary N) is 1. The third kappa shape index (κ3) is 2.11. The van der Waals surface area contributed by atoms with Crippen LogP contribution in [-0.2, 0) is 0 Å². The second-order valence-electron chi connectivity index (χ2n) is 5.11. The van der Waals surface area contributed by atoms with E-state index in [4.69, 9.17) is 4.74 Å². The molecule has 0 aromatic heterocycles. The van der Waals surface area contributed by atoms with E-state index in [1.165, 1.54) is 24.8 Å². The van der Waals surface area contributed by atoms with Crippen LogP contribution in [0.15, 0.2) is 22.7 Å². The highest BCUT2D eigenvalue weighted by molar-refractivity contribution is 9.10. The van der Waals surface area contributed by atoms with Crippen molar-refractivity contribution in [1.82, 2.24) is 5.32 Å². The average Bonchev–Trinajstić information content (AvgIpc) is 2.25. The van der Waals surface area contributed by atoms with Crippen molar-refractivity contribution in [3.63, 3.8) is 0 Å². The molecular weight excluding hydrogens is 278 g/mol. The Labute approximate surface area is 111 Å². The summed E-state index contributed by atoms with van der Waals surface area (Å²) < 4.78 is 7.28. The van der Waals surface area contributed by atoms with Gasteiger partial charge in [-0.1, -0.05) is 28.4 Å². The van der Waals surface area contributed by atoms with Crippen LogP contribution in [0.4, 0.5) is 0 Å². The highest BCUT2D eigenvalue weighted by Crippen LogP contribution is 2.42. The summed E-state index contributed by atoms with van der Waals surface area (Å²) in [5, 5.41) is 3.42. The molecule has 0 saturated heterocycles. The molecule has 2 aliphatic rings. The predicted octanol–water partition coefficient (Wildman–Crippen LogP) is 3.66. The van der Waals surface area contributed by atoms with Crippen LogP contribution in [0.5, 0.6) is 5.75 Å². The van der Waals surface area contributed by atoms with Crippen molar-refractivity contribution in [3.8, 4) is 5.75 Å². The van der Waals surface area contributed by atoms with E-state index < -0.39 is 0 Å². The van der Waals surface area contributed by atoms with Crippen molar-refractivity contribution in [3.05, 3.63) is 28.2 Å². The summed E-state index contributed by atoms with van der Waals surface area (Å²) in [4.78, 5) is 0. The van der Waals surface area contributed by atoms with Gasteiger partial charge in [0.25, 0.3) is 0 Å². The number of hydrogen-bond donors (Lipinski definition) is 1. The summed E-state index contributed by atoms with van der Waals surface area (Å²) in [5.74, 6) is 1.83. The van der Waals surface area contributed by atoms with Crippen LogP contribution >= 0.6 is 15.9 Å². The van der Waals surface area contributed by atoms with Crippen molar-refractivity contribution < 1.29 is 4.74 Å². The molecule has 0 bridgehead atoms. The van der Waals surface area contributed by atoms with Crippen LogP contribution < -0.4 is 10.1 Å². The molecule has 1 N–H and O–H groups in total. The minimum atomic E-state index is 0.406. The third-order valence-electron chi connectivity index (χ3n) is 4.12. The van der Waals surface area contributed by atoms with Crippen molar-refractivity contribution in [2.24, 2.45) is 5.92 Å². The molecule has 3 rings (SSSR count). The number of fused-ring (bicyclic) bond motifs is 1. The molecule has 3 heteroatoms. The first kappa shape index (κ1) is 11.5. The highest BCUT2D eigenvalue weighted by Gasteiger charge is 2.35. The Bertz CT molecular complexity index is 417. The predicted molar refractivity (Wildman–Crippen MR) is 72.3 cm³/mol. The minimum Gasteiger partial charge on any atom is -0.490 e. The van der Waals surface area contributed by atoms with Gasteiger partial charge in [0.15, 0.2) is 0 Å². The van der Waals surface area contributed by atoms with Gasteiger partial charge in [-0.15, -0.1) is 0 Å². The Balaban J connectivity index is 1.89. The van der Waals surface area contributed by atoms with Crippen molar-refractivity contribution in [2.75, 3.05) is 7.05 Å². The van der Waals surface area contributed by atoms with E-state index >= 15 is 0 Å². The average molecular weight is 296 g/mol. The lowest BCUT2D eigenvalue weighted by molar-refractivity contribution is 0.0541. The van der Waals surface area contributed by atoms with Crippen LogP contribution in [0.1, 0.15) is 37.3 Å². The lowest BCUT2D eigenvalue weighted by Crippen LogP contribution is -2.39. The van der Waals surface area contributed by atoms with E-state index in [0.717, 1.165) is 22.6 Å². The Morgan fingerprint density at radius 1 is 1.35 bits per heavy atom. The van der Waals surface area contributed by atoms with Gasteiger partial charge >= 0.3 is 0 Å². The van der Waals surface area contributed by atoms with Crippen LogP contribution in [0.25, 0.3) is 0 Å². The van der Waals surface area contributed by atoms with Gasteiger partial charge in [0.1, 0.15) is 11.9 Å². The van der Waals surface area contributed by atoms with E-state index in [1.807, 2.05) is 7.05 Å². The smallest absolute Gasteiger partial charge is 0.125 e. The zero-order valence-corrected chi connectivity index (χ0v) is 11.7. The summed E-state index contributed by atoms with van der Waals surface area (Å²) in [6.07, 6.45) is 5.56. The van der Waals surface area contributed by atoms with E-state index in [9.17, 15) is 0 Å². The maximum atomic E-state index is 6.18. The van der Waals surface area contributed by atoms with Crippen LogP contribution in [0, 0.1) is 5.92 Å². The first-order chi connectivity index (χ1) is 8.28. The summed E-state index contributed by atoms with van der Waals surface area (Å²) in [6.45, 7) is 0. The van der Waals surface area contributed by atoms with Gasteiger partial charge in [0.2, 0.25) is 0 Å². The van der Waals surface area contributed by atoms with E-state index in [1.54, 1.807) is 0 Å². The molecule has 1 aliphatic heterocycles. The maximum Gasteiger partial charge on any atom is 0.125 e. The number of rotatable bonds is 2. The molecule has 1 aromatic carbocycles. The van der Waals surface area contributed by atoms with E-state index in [-0.39, 0.29) is 0 Å². The largest absolute Gasteiger partial charge is 0.490 e. The number of ether oxygens (including phenoxy) is 1. The second kappa shape index (κ2) is 4.62. The molecule has 0 radical (unpaired) electrons. The van der Waals surface area contributed by atoms with Gasteiger partial charge in [0, 0.05) is 22.5 Å². The monoisotopic (exact) mass is 295 g/mol. The van der Waals surface area contributed by atoms with Gasteiger partial charge in [-0.25, -0.2) is 0 Å². The van der Waals surface area contributed by atoms with Crippen molar-refractivity contribution in [2.45, 2.75) is 37.8 Å². The molecule has 1 saturated carbocycles. The minimum absolute atomic E-state index is 0.406. The molecule has 0 amide bonds. The van der Waals surface area contributed by atoms with Gasteiger partial charge in [-0.05, 0) is 37.9 Å². The summed E-state index contributed by atoms with van der Waals surface area (Å²) in [6, 6.07) is 6.80. The first-order valence-electron chi connectivity index (χ1n) is 6.41. The summed E-state index contributed by atoms with van der Waals surface area (Å²) in [7, 11) is 2.04. The Hall–Kier alpha value is -0.540. The van der Waals surface area contributed by atoms with Crippen LogP contribution in [0.3, 0.4) is 0 Å². The van der Waals surface area contributed by atoms with Crippen molar-refractivity contribution in [1.29, 1.82) is 0 Å². The van der Waals surface area contributed by atoms with Crippen molar-refractivity contribution >= 4 is 15.9 Å². The summed E-state index contributed by atoms with van der Waals surface area (Å²) in [5.41, 5.74) is 1.30. The lowest BCUT2D eigenvalue weighted by atomic mass is 9.77. The molecule has 1 fully saturated rings. The highest BCUT2D eigenvalue weighted by atomic mass is 79.9. The molecule has 1 aliphatic carbocycles. The molecule has 1 aromatic rings. The van der Waals surface area contributed by atoms with Gasteiger partial charge < -0.3 is 10.1 Å². The topological polar surface area (TPSA) is 21.3 Å². The molecular formula is C14H18BrNO. The van der Waals surface area contributed by atoms with Gasteiger partial charge in [-0.2, -0.15) is 0 Å². The quantitative estimate of drug-likeness (QED) is 0.899. The van der Waals surface area contributed by atoms with Gasteiger partial charge in [-0.3, -0.25) is 0 Å². The zero-order valence-electron chi connectivity index (χ0n) is 10.1. The Morgan fingerprint density at radius 2 is 2.18 bits per heavy atom. The van der Waals surface area contributed by atoms with E-state index in [2.05, 4.69) is 39.4 Å². The third-order valence-corrected chi connectivity index (χ3v) is 4.61. The first-order valence-corrected chi connectivity index (χ1v) is 7.20. The fourth-order valence-corrected chi connectivity index (χ4v) is 3.18. The van der Waals surface area contributed by atoms with Crippen LogP contribution in [0.2, 0.25) is 0 Å². The van der Waals surface area contributed by atoms with Gasteiger partial charge in [0.05, 0.1) is 0 Å². The standard InChI is InChI=1S/C14H18BrNO/c1-16-12-8-13(9-3-2-4-9)17-14-7-10(15)5-6-11(12)14/h5-7,9,12-13,16H,2-4,8H2,1H3. The number of halogens is 1. The molecule has 1 heterocycles. The molecule has 92 valence electrons. The Morgan fingerprint density at radius 3 is 2.82 bits per heavy atom. The van der Waals surface area contributed by atoms with E-state index in [0.29, 0.717) is 12.1 Å². The molecule has 2 unspecified atom stereocenters. The number of benzene rings is 1. The molecule has 2 nitrogen and oxygen atoms in total. The fraction of sp³-hybridized carbons (Fsp3) is 0.571. The Kier molecular flexibility index (Phi) is 3.14. The lowest BCUT2D eigenvalue weighted by Gasteiger charge is -2.40. The second-order valence-corrected chi connectivity index (χ2v) is 6.02. The SMILES string of the molecule is CNC1CC(C2CCC2)Oc2cc(Br)ccc21. The number of hydrogen-bond acceptors (Lipinski definition) is 2. The maximum absolute atomic E-state index is 6.18. The molecule has 2 atom stereocenters.